The molecule has 0 bridgehead atoms. The molecule has 0 saturated heterocycles. The molecule has 0 aliphatic heterocycles. The Labute approximate surface area is 84.7 Å². The van der Waals surface area contributed by atoms with Crippen LogP contribution in [0.5, 0.6) is 0 Å². The zero-order valence-corrected chi connectivity index (χ0v) is 8.17. The fraction of sp³-hybridized carbons (Fsp3) is 0.429. The average molecular weight is 219 g/mol. The zero-order chi connectivity index (χ0) is 10.6. The van der Waals surface area contributed by atoms with E-state index in [-0.39, 0.29) is 11.7 Å². The molecule has 7 heteroatoms. The summed E-state index contributed by atoms with van der Waals surface area (Å²) in [6.45, 7) is 1.33. The van der Waals surface area contributed by atoms with Gasteiger partial charge in [-0.15, -0.1) is 0 Å². The minimum Gasteiger partial charge on any atom is -0.329 e. The molecule has 4 N–H and O–H groups in total. The van der Waals surface area contributed by atoms with Crippen molar-refractivity contribution in [3.05, 3.63) is 32.1 Å². The fourth-order valence-corrected chi connectivity index (χ4v) is 1.07. The second kappa shape index (κ2) is 4.94. The number of hydrogen-bond donors (Lipinski definition) is 3. The van der Waals surface area contributed by atoms with E-state index in [0.29, 0.717) is 13.1 Å². The average Bonchev–Trinajstić information content (AvgIpc) is 2.14. The first-order valence-corrected chi connectivity index (χ1v) is 4.43. The molecule has 0 aromatic carbocycles. The van der Waals surface area contributed by atoms with Crippen LogP contribution in [0.1, 0.15) is 0 Å². The van der Waals surface area contributed by atoms with Crippen LogP contribution in [0.4, 0.5) is 0 Å². The first kappa shape index (κ1) is 11.0. The number of aromatic amines is 1. The van der Waals surface area contributed by atoms with Gasteiger partial charge in [-0.25, -0.2) is 4.79 Å². The normalized spacial score (nSPS) is 10.4. The van der Waals surface area contributed by atoms with Crippen LogP contribution in [0.2, 0.25) is 5.02 Å². The SMILES string of the molecule is NCCNCn1cc(Cl)c(=O)[nH]c1=O. The second-order valence-corrected chi connectivity index (χ2v) is 3.06. The van der Waals surface area contributed by atoms with Crippen LogP contribution in [0.25, 0.3) is 0 Å². The van der Waals surface area contributed by atoms with Gasteiger partial charge in [-0.2, -0.15) is 0 Å². The number of nitrogens with two attached hydrogens (primary N) is 1. The van der Waals surface area contributed by atoms with Crippen molar-refractivity contribution < 1.29 is 0 Å². The maximum Gasteiger partial charge on any atom is 0.329 e. The van der Waals surface area contributed by atoms with E-state index in [4.69, 9.17) is 17.3 Å². The van der Waals surface area contributed by atoms with Crippen molar-refractivity contribution >= 4 is 11.6 Å². The lowest BCUT2D eigenvalue weighted by molar-refractivity contribution is 0.539. The molecule has 78 valence electrons. The van der Waals surface area contributed by atoms with Crippen molar-refractivity contribution in [1.29, 1.82) is 0 Å². The lowest BCUT2D eigenvalue weighted by atomic mass is 10.6. The first-order chi connectivity index (χ1) is 6.65. The molecule has 1 aromatic rings. The minimum absolute atomic E-state index is 0.0147. The number of halogens is 1. The van der Waals surface area contributed by atoms with Gasteiger partial charge < -0.3 is 5.73 Å². The van der Waals surface area contributed by atoms with Gasteiger partial charge in [0.2, 0.25) is 0 Å². The van der Waals surface area contributed by atoms with Crippen molar-refractivity contribution in [2.45, 2.75) is 6.67 Å². The highest BCUT2D eigenvalue weighted by Gasteiger charge is 2.00. The van der Waals surface area contributed by atoms with Crippen LogP contribution in [0.15, 0.2) is 15.8 Å². The van der Waals surface area contributed by atoms with Gasteiger partial charge in [-0.05, 0) is 0 Å². The van der Waals surface area contributed by atoms with Crippen LogP contribution in [0, 0.1) is 0 Å². The molecule has 0 fully saturated rings. The minimum atomic E-state index is -0.577. The summed E-state index contributed by atoms with van der Waals surface area (Å²) in [5.74, 6) is 0. The molecule has 1 aromatic heterocycles. The van der Waals surface area contributed by atoms with Gasteiger partial charge in [-0.3, -0.25) is 19.7 Å². The summed E-state index contributed by atoms with van der Waals surface area (Å²) in [6.07, 6.45) is 1.28. The first-order valence-electron chi connectivity index (χ1n) is 4.05. The van der Waals surface area contributed by atoms with Gasteiger partial charge in [0.05, 0.1) is 6.67 Å². The molecule has 14 heavy (non-hydrogen) atoms. The smallest absolute Gasteiger partial charge is 0.329 e. The fourth-order valence-electron chi connectivity index (χ4n) is 0.902. The third kappa shape index (κ3) is 2.69. The van der Waals surface area contributed by atoms with E-state index in [1.807, 2.05) is 0 Å². The summed E-state index contributed by atoms with van der Waals surface area (Å²) in [5.41, 5.74) is 4.18. The Bertz CT molecular complexity index is 411. The van der Waals surface area contributed by atoms with Crippen molar-refractivity contribution in [1.82, 2.24) is 14.9 Å². The quantitative estimate of drug-likeness (QED) is 0.548. The van der Waals surface area contributed by atoms with E-state index >= 15 is 0 Å². The summed E-state index contributed by atoms with van der Waals surface area (Å²) < 4.78 is 1.26. The Kier molecular flexibility index (Phi) is 3.87. The number of hydrogen-bond acceptors (Lipinski definition) is 4. The number of H-pyrrole nitrogens is 1. The lowest BCUT2D eigenvalue weighted by Gasteiger charge is -2.05. The van der Waals surface area contributed by atoms with Crippen LogP contribution in [-0.2, 0) is 6.67 Å². The molecule has 1 heterocycles. The standard InChI is InChI=1S/C7H11ClN4O2/c8-5-3-12(4-10-2-1-9)7(14)11-6(5)13/h3,10H,1-2,4,9H2,(H,11,13,14). The monoisotopic (exact) mass is 218 g/mol. The van der Waals surface area contributed by atoms with Crippen LogP contribution in [0.3, 0.4) is 0 Å². The molecular formula is C7H11ClN4O2. The maximum atomic E-state index is 11.2. The van der Waals surface area contributed by atoms with Crippen molar-refractivity contribution in [2.75, 3.05) is 13.1 Å². The summed E-state index contributed by atoms with van der Waals surface area (Å²) in [4.78, 5) is 24.1. The van der Waals surface area contributed by atoms with Crippen LogP contribution in [-0.4, -0.2) is 22.6 Å². The predicted octanol–water partition coefficient (Wildman–Crippen LogP) is -1.30. The summed E-state index contributed by atoms with van der Waals surface area (Å²) in [7, 11) is 0. The highest BCUT2D eigenvalue weighted by molar-refractivity contribution is 6.30. The van der Waals surface area contributed by atoms with Crippen LogP contribution < -0.4 is 22.3 Å². The highest BCUT2D eigenvalue weighted by atomic mass is 35.5. The van der Waals surface area contributed by atoms with Crippen molar-refractivity contribution in [3.8, 4) is 0 Å². The number of nitrogens with one attached hydrogen (secondary N) is 2. The van der Waals surface area contributed by atoms with E-state index in [1.165, 1.54) is 10.8 Å². The predicted molar refractivity (Wildman–Crippen MR) is 53.4 cm³/mol. The number of nitrogens with zero attached hydrogens (tertiary/aromatic N) is 1. The van der Waals surface area contributed by atoms with E-state index in [9.17, 15) is 9.59 Å². The number of aromatic nitrogens is 2. The Morgan fingerprint density at radius 2 is 2.29 bits per heavy atom. The molecule has 0 amide bonds. The third-order valence-corrected chi connectivity index (χ3v) is 1.84. The molecule has 1 rings (SSSR count). The third-order valence-electron chi connectivity index (χ3n) is 1.57. The van der Waals surface area contributed by atoms with Gasteiger partial charge in [-0.1, -0.05) is 11.6 Å². The molecule has 0 saturated carbocycles. The van der Waals surface area contributed by atoms with Gasteiger partial charge in [0, 0.05) is 19.3 Å². The summed E-state index contributed by atoms with van der Waals surface area (Å²) in [6, 6.07) is 0. The van der Waals surface area contributed by atoms with Gasteiger partial charge in [0.25, 0.3) is 5.56 Å². The molecule has 0 aliphatic carbocycles. The Morgan fingerprint density at radius 1 is 1.57 bits per heavy atom. The van der Waals surface area contributed by atoms with Gasteiger partial charge in [0.15, 0.2) is 0 Å². The summed E-state index contributed by atoms with van der Waals surface area (Å²) >= 11 is 5.54. The molecule has 6 nitrogen and oxygen atoms in total. The van der Waals surface area contributed by atoms with Crippen molar-refractivity contribution in [2.24, 2.45) is 5.73 Å². The molecule has 0 atom stereocenters. The second-order valence-electron chi connectivity index (χ2n) is 2.65. The zero-order valence-electron chi connectivity index (χ0n) is 7.42. The Balaban J connectivity index is 2.82. The topological polar surface area (TPSA) is 92.9 Å². The largest absolute Gasteiger partial charge is 0.329 e. The molecular weight excluding hydrogens is 208 g/mol. The van der Waals surface area contributed by atoms with E-state index in [0.717, 1.165) is 0 Å². The molecule has 0 radical (unpaired) electrons. The Hall–Kier alpha value is -1.11. The van der Waals surface area contributed by atoms with E-state index in [1.54, 1.807) is 0 Å². The van der Waals surface area contributed by atoms with Crippen molar-refractivity contribution in [3.63, 3.8) is 0 Å². The van der Waals surface area contributed by atoms with Crippen LogP contribution >= 0.6 is 11.6 Å². The van der Waals surface area contributed by atoms with Gasteiger partial charge >= 0.3 is 5.69 Å². The molecule has 0 aliphatic rings. The number of rotatable bonds is 4. The molecule has 0 spiro atoms. The van der Waals surface area contributed by atoms with E-state index in [2.05, 4.69) is 10.3 Å². The van der Waals surface area contributed by atoms with E-state index < -0.39 is 11.2 Å². The molecule has 0 unspecified atom stereocenters. The van der Waals surface area contributed by atoms with Gasteiger partial charge in [0.1, 0.15) is 5.02 Å². The Morgan fingerprint density at radius 3 is 2.93 bits per heavy atom. The summed E-state index contributed by atoms with van der Waals surface area (Å²) in [5, 5.41) is 2.88. The lowest BCUT2D eigenvalue weighted by Crippen LogP contribution is -2.35. The maximum absolute atomic E-state index is 11.2. The highest BCUT2D eigenvalue weighted by Crippen LogP contribution is 1.94.